The number of nitrogens with zero attached hydrogens (tertiary/aromatic N) is 1. The van der Waals surface area contributed by atoms with Gasteiger partial charge in [-0.05, 0) is 35.1 Å². The summed E-state index contributed by atoms with van der Waals surface area (Å²) in [5.41, 5.74) is 2.56. The van der Waals surface area contributed by atoms with Crippen LogP contribution in [0.25, 0.3) is 5.57 Å². The van der Waals surface area contributed by atoms with Crippen molar-refractivity contribution in [1.82, 2.24) is 14.5 Å². The van der Waals surface area contributed by atoms with Crippen molar-refractivity contribution in [2.24, 2.45) is 5.41 Å². The molecule has 0 bridgehead atoms. The lowest BCUT2D eigenvalue weighted by Crippen LogP contribution is -2.56. The van der Waals surface area contributed by atoms with Crippen LogP contribution in [0.5, 0.6) is 0 Å². The number of carbonyl (C=O) groups excluding carboxylic acids is 1. The summed E-state index contributed by atoms with van der Waals surface area (Å²) in [7, 11) is -3.93. The first kappa shape index (κ1) is 20.5. The highest BCUT2D eigenvalue weighted by Crippen LogP contribution is 2.25. The van der Waals surface area contributed by atoms with Gasteiger partial charge in [-0.25, -0.2) is 9.87 Å². The molecule has 0 saturated carbocycles. The number of hydrogen-bond acceptors (Lipinski definition) is 4. The SMILES string of the molecule is CC(C)(C)C(NS(=O)(=O)N1CC=C(c2ccc(F)cc2)CC1)C(=O)NO. The number of rotatable bonds is 5. The Bertz CT molecular complexity index is 785. The van der Waals surface area contributed by atoms with Crippen molar-refractivity contribution < 1.29 is 22.8 Å². The van der Waals surface area contributed by atoms with Crippen LogP contribution in [0.4, 0.5) is 4.39 Å². The van der Waals surface area contributed by atoms with Crippen LogP contribution >= 0.6 is 0 Å². The fourth-order valence-corrected chi connectivity index (χ4v) is 4.22. The molecule has 0 saturated heterocycles. The minimum absolute atomic E-state index is 0.139. The van der Waals surface area contributed by atoms with Gasteiger partial charge in [0.25, 0.3) is 16.1 Å². The first-order valence-electron chi connectivity index (χ1n) is 8.21. The molecule has 1 heterocycles. The maximum absolute atomic E-state index is 13.0. The van der Waals surface area contributed by atoms with Crippen molar-refractivity contribution in [1.29, 1.82) is 0 Å². The normalized spacial score (nSPS) is 17.5. The van der Waals surface area contributed by atoms with Gasteiger partial charge in [0.1, 0.15) is 11.9 Å². The minimum atomic E-state index is -3.93. The average molecular weight is 385 g/mol. The summed E-state index contributed by atoms with van der Waals surface area (Å²) < 4.78 is 41.9. The van der Waals surface area contributed by atoms with E-state index in [-0.39, 0.29) is 18.9 Å². The predicted molar refractivity (Wildman–Crippen MR) is 95.8 cm³/mol. The van der Waals surface area contributed by atoms with E-state index in [2.05, 4.69) is 4.72 Å². The van der Waals surface area contributed by atoms with Crippen molar-refractivity contribution in [3.05, 3.63) is 41.7 Å². The first-order chi connectivity index (χ1) is 12.0. The van der Waals surface area contributed by atoms with Crippen LogP contribution in [0.15, 0.2) is 30.3 Å². The highest BCUT2D eigenvalue weighted by atomic mass is 32.2. The van der Waals surface area contributed by atoms with Gasteiger partial charge in [0, 0.05) is 13.1 Å². The lowest BCUT2D eigenvalue weighted by atomic mass is 9.87. The van der Waals surface area contributed by atoms with E-state index in [4.69, 9.17) is 5.21 Å². The topological polar surface area (TPSA) is 98.7 Å². The van der Waals surface area contributed by atoms with Gasteiger partial charge < -0.3 is 0 Å². The molecule has 1 atom stereocenters. The molecule has 0 aliphatic carbocycles. The van der Waals surface area contributed by atoms with Crippen LogP contribution in [0.2, 0.25) is 0 Å². The molecule has 1 unspecified atom stereocenters. The molecule has 26 heavy (non-hydrogen) atoms. The van der Waals surface area contributed by atoms with E-state index in [0.717, 1.165) is 11.1 Å². The van der Waals surface area contributed by atoms with Crippen molar-refractivity contribution in [2.45, 2.75) is 33.2 Å². The second-order valence-electron chi connectivity index (χ2n) is 7.24. The Kier molecular flexibility index (Phi) is 6.17. The van der Waals surface area contributed by atoms with Crippen LogP contribution in [-0.2, 0) is 15.0 Å². The lowest BCUT2D eigenvalue weighted by molar-refractivity contribution is -0.133. The molecule has 0 spiro atoms. The van der Waals surface area contributed by atoms with Gasteiger partial charge in [0.05, 0.1) is 0 Å². The highest BCUT2D eigenvalue weighted by Gasteiger charge is 2.37. The van der Waals surface area contributed by atoms with E-state index in [0.29, 0.717) is 6.42 Å². The summed E-state index contributed by atoms with van der Waals surface area (Å²) in [5, 5.41) is 8.87. The van der Waals surface area contributed by atoms with Crippen LogP contribution in [-0.4, -0.2) is 43.0 Å². The zero-order valence-corrected chi connectivity index (χ0v) is 15.8. The predicted octanol–water partition coefficient (Wildman–Crippen LogP) is 1.67. The monoisotopic (exact) mass is 385 g/mol. The van der Waals surface area contributed by atoms with Gasteiger partial charge in [0.15, 0.2) is 0 Å². The number of hydrogen-bond donors (Lipinski definition) is 3. The number of carbonyl (C=O) groups is 1. The fourth-order valence-electron chi connectivity index (χ4n) is 2.71. The van der Waals surface area contributed by atoms with E-state index in [1.807, 2.05) is 0 Å². The number of hydroxylamine groups is 1. The molecule has 1 aliphatic rings. The largest absolute Gasteiger partial charge is 0.289 e. The van der Waals surface area contributed by atoms with E-state index < -0.39 is 27.6 Å². The molecular weight excluding hydrogens is 361 g/mol. The highest BCUT2D eigenvalue weighted by molar-refractivity contribution is 7.87. The van der Waals surface area contributed by atoms with Gasteiger partial charge >= 0.3 is 0 Å². The minimum Gasteiger partial charge on any atom is -0.289 e. The van der Waals surface area contributed by atoms with Crippen LogP contribution in [0, 0.1) is 11.2 Å². The molecule has 0 fully saturated rings. The van der Waals surface area contributed by atoms with E-state index in [9.17, 15) is 17.6 Å². The smallest absolute Gasteiger partial charge is 0.280 e. The Morgan fingerprint density at radius 2 is 1.88 bits per heavy atom. The van der Waals surface area contributed by atoms with Gasteiger partial charge in [-0.3, -0.25) is 10.0 Å². The van der Waals surface area contributed by atoms with Gasteiger partial charge in [-0.2, -0.15) is 17.4 Å². The van der Waals surface area contributed by atoms with Crippen LogP contribution in [0.3, 0.4) is 0 Å². The maximum Gasteiger partial charge on any atom is 0.280 e. The summed E-state index contributed by atoms with van der Waals surface area (Å²) in [5.74, 6) is -1.14. The zero-order valence-electron chi connectivity index (χ0n) is 15.0. The zero-order chi connectivity index (χ0) is 19.5. The lowest BCUT2D eigenvalue weighted by Gasteiger charge is -2.32. The quantitative estimate of drug-likeness (QED) is 0.530. The molecular formula is C17H24FN3O4S. The van der Waals surface area contributed by atoms with Gasteiger partial charge in [-0.1, -0.05) is 39.0 Å². The summed E-state index contributed by atoms with van der Waals surface area (Å²) in [6, 6.07) is 4.92. The van der Waals surface area contributed by atoms with Crippen molar-refractivity contribution in [3.8, 4) is 0 Å². The van der Waals surface area contributed by atoms with E-state index in [1.165, 1.54) is 21.9 Å². The maximum atomic E-state index is 13.0. The van der Waals surface area contributed by atoms with Crippen LogP contribution < -0.4 is 10.2 Å². The Hall–Kier alpha value is -1.81. The number of nitrogens with one attached hydrogen (secondary N) is 2. The van der Waals surface area contributed by atoms with Gasteiger partial charge in [0.2, 0.25) is 0 Å². The number of halogens is 1. The van der Waals surface area contributed by atoms with Crippen molar-refractivity contribution >= 4 is 21.7 Å². The van der Waals surface area contributed by atoms with E-state index in [1.54, 1.807) is 39.0 Å². The number of benzene rings is 1. The Morgan fingerprint density at radius 3 is 2.35 bits per heavy atom. The second kappa shape index (κ2) is 7.83. The molecule has 2 rings (SSSR count). The molecule has 144 valence electrons. The van der Waals surface area contributed by atoms with Crippen LogP contribution in [0.1, 0.15) is 32.8 Å². The molecule has 9 heteroatoms. The molecule has 0 aromatic heterocycles. The average Bonchev–Trinajstić information content (AvgIpc) is 2.59. The third-order valence-corrected chi connectivity index (χ3v) is 5.78. The third kappa shape index (κ3) is 4.88. The Morgan fingerprint density at radius 1 is 1.27 bits per heavy atom. The van der Waals surface area contributed by atoms with Crippen molar-refractivity contribution in [3.63, 3.8) is 0 Å². The molecule has 0 radical (unpaired) electrons. The third-order valence-electron chi connectivity index (χ3n) is 4.23. The summed E-state index contributed by atoms with van der Waals surface area (Å²) in [4.78, 5) is 11.8. The molecule has 1 amide bonds. The fraction of sp³-hybridized carbons (Fsp3) is 0.471. The standard InChI is InChI=1S/C17H24FN3O4S/c1-17(2,3)15(16(22)19-23)20-26(24,25)21-10-8-13(9-11-21)12-4-6-14(18)7-5-12/h4-8,15,20,23H,9-11H2,1-3H3,(H,19,22). The van der Waals surface area contributed by atoms with Gasteiger partial charge in [-0.15, -0.1) is 0 Å². The summed E-state index contributed by atoms with van der Waals surface area (Å²) >= 11 is 0. The molecule has 1 aliphatic heterocycles. The van der Waals surface area contributed by atoms with E-state index >= 15 is 0 Å². The first-order valence-corrected chi connectivity index (χ1v) is 9.65. The Balaban J connectivity index is 2.13. The molecule has 3 N–H and O–H groups in total. The summed E-state index contributed by atoms with van der Waals surface area (Å²) in [6.07, 6.45) is 2.24. The second-order valence-corrected chi connectivity index (χ2v) is 8.94. The van der Waals surface area contributed by atoms with Crippen molar-refractivity contribution in [2.75, 3.05) is 13.1 Å². The summed E-state index contributed by atoms with van der Waals surface area (Å²) in [6.45, 7) is 5.45. The molecule has 1 aromatic rings. The molecule has 1 aromatic carbocycles. The Labute approximate surface area is 153 Å². The number of amides is 1. The molecule has 7 nitrogen and oxygen atoms in total.